The molecule has 4 heterocycles. The highest BCUT2D eigenvalue weighted by Crippen LogP contribution is 2.32. The second kappa shape index (κ2) is 7.09. The van der Waals surface area contributed by atoms with Gasteiger partial charge < -0.3 is 9.47 Å². The highest BCUT2D eigenvalue weighted by Gasteiger charge is 2.44. The average molecular weight is 330 g/mol. The van der Waals surface area contributed by atoms with Crippen molar-refractivity contribution in [2.75, 3.05) is 13.2 Å². The van der Waals surface area contributed by atoms with Crippen molar-refractivity contribution in [3.63, 3.8) is 0 Å². The quantitative estimate of drug-likeness (QED) is 0.844. The molecule has 3 atom stereocenters. The van der Waals surface area contributed by atoms with E-state index in [0.29, 0.717) is 12.6 Å². The smallest absolute Gasteiger partial charge is 0.100 e. The molecular weight excluding hydrogens is 308 g/mol. The van der Waals surface area contributed by atoms with Crippen LogP contribution in [0.25, 0.3) is 0 Å². The molecule has 0 unspecified atom stereocenters. The first kappa shape index (κ1) is 15.3. The SMILES string of the molecule is c1cncc(CO[C@@H]2CN(Cc3ccsc3)[C@H]3CCCO[C@H]23)c1. The molecule has 2 saturated heterocycles. The number of aromatic nitrogens is 1. The van der Waals surface area contributed by atoms with E-state index in [1.807, 2.05) is 12.3 Å². The number of likely N-dealkylation sites (tertiary alicyclic amines) is 1. The predicted octanol–water partition coefficient (Wildman–Crippen LogP) is 3.09. The largest absolute Gasteiger partial charge is 0.374 e. The summed E-state index contributed by atoms with van der Waals surface area (Å²) in [5.74, 6) is 0. The maximum atomic E-state index is 6.20. The number of nitrogens with zero attached hydrogens (tertiary/aromatic N) is 2. The highest BCUT2D eigenvalue weighted by molar-refractivity contribution is 7.07. The lowest BCUT2D eigenvalue weighted by atomic mass is 10.0. The van der Waals surface area contributed by atoms with E-state index < -0.39 is 0 Å². The van der Waals surface area contributed by atoms with Gasteiger partial charge in [-0.05, 0) is 46.9 Å². The van der Waals surface area contributed by atoms with Crippen molar-refractivity contribution in [1.29, 1.82) is 0 Å². The fourth-order valence-corrected chi connectivity index (χ4v) is 4.30. The van der Waals surface area contributed by atoms with Crippen LogP contribution in [0.5, 0.6) is 0 Å². The maximum absolute atomic E-state index is 6.20. The van der Waals surface area contributed by atoms with Crippen LogP contribution in [0.2, 0.25) is 0 Å². The van der Waals surface area contributed by atoms with Gasteiger partial charge in [-0.1, -0.05) is 6.07 Å². The van der Waals surface area contributed by atoms with E-state index >= 15 is 0 Å². The molecule has 0 aliphatic carbocycles. The normalized spacial score (nSPS) is 27.9. The molecule has 5 heteroatoms. The van der Waals surface area contributed by atoms with Crippen LogP contribution in [0.4, 0.5) is 0 Å². The molecule has 0 radical (unpaired) electrons. The van der Waals surface area contributed by atoms with Gasteiger partial charge in [0.1, 0.15) is 6.10 Å². The van der Waals surface area contributed by atoms with Crippen LogP contribution in [0.1, 0.15) is 24.0 Å². The van der Waals surface area contributed by atoms with Crippen molar-refractivity contribution in [3.8, 4) is 0 Å². The third-order valence-corrected chi connectivity index (χ3v) is 5.47. The molecule has 2 aliphatic rings. The van der Waals surface area contributed by atoms with Gasteiger partial charge in [0.15, 0.2) is 0 Å². The van der Waals surface area contributed by atoms with Gasteiger partial charge in [-0.2, -0.15) is 11.3 Å². The number of hydrogen-bond acceptors (Lipinski definition) is 5. The Morgan fingerprint density at radius 1 is 1.35 bits per heavy atom. The van der Waals surface area contributed by atoms with Gasteiger partial charge in [0.25, 0.3) is 0 Å². The Morgan fingerprint density at radius 2 is 2.35 bits per heavy atom. The van der Waals surface area contributed by atoms with Crippen LogP contribution < -0.4 is 0 Å². The van der Waals surface area contributed by atoms with Crippen LogP contribution in [-0.4, -0.2) is 41.3 Å². The van der Waals surface area contributed by atoms with Gasteiger partial charge in [0.05, 0.1) is 12.7 Å². The summed E-state index contributed by atoms with van der Waals surface area (Å²) < 4.78 is 12.3. The summed E-state index contributed by atoms with van der Waals surface area (Å²) in [5, 5.41) is 4.39. The zero-order chi connectivity index (χ0) is 15.5. The van der Waals surface area contributed by atoms with Crippen molar-refractivity contribution in [2.24, 2.45) is 0 Å². The Hall–Kier alpha value is -1.27. The summed E-state index contributed by atoms with van der Waals surface area (Å²) in [4.78, 5) is 6.70. The molecule has 2 aromatic rings. The van der Waals surface area contributed by atoms with E-state index in [1.54, 1.807) is 17.5 Å². The van der Waals surface area contributed by atoms with Crippen LogP contribution >= 0.6 is 11.3 Å². The molecule has 2 fully saturated rings. The van der Waals surface area contributed by atoms with E-state index in [2.05, 4.69) is 32.8 Å². The van der Waals surface area contributed by atoms with Crippen LogP contribution in [0.3, 0.4) is 0 Å². The van der Waals surface area contributed by atoms with Crippen LogP contribution in [0.15, 0.2) is 41.4 Å². The zero-order valence-electron chi connectivity index (χ0n) is 13.1. The molecule has 0 bridgehead atoms. The topological polar surface area (TPSA) is 34.6 Å². The summed E-state index contributed by atoms with van der Waals surface area (Å²) in [6.07, 6.45) is 6.38. The van der Waals surface area contributed by atoms with Crippen molar-refractivity contribution in [2.45, 2.75) is 44.2 Å². The van der Waals surface area contributed by atoms with Crippen molar-refractivity contribution < 1.29 is 9.47 Å². The molecule has 0 amide bonds. The fourth-order valence-electron chi connectivity index (χ4n) is 3.64. The fraction of sp³-hybridized carbons (Fsp3) is 0.500. The third kappa shape index (κ3) is 3.48. The van der Waals surface area contributed by atoms with E-state index in [1.165, 1.54) is 12.0 Å². The summed E-state index contributed by atoms with van der Waals surface area (Å²) in [6.45, 7) is 3.42. The maximum Gasteiger partial charge on any atom is 0.100 e. The lowest BCUT2D eigenvalue weighted by Gasteiger charge is -2.32. The number of fused-ring (bicyclic) bond motifs is 1. The van der Waals surface area contributed by atoms with E-state index in [9.17, 15) is 0 Å². The highest BCUT2D eigenvalue weighted by atomic mass is 32.1. The number of rotatable bonds is 5. The summed E-state index contributed by atoms with van der Waals surface area (Å²) in [6, 6.07) is 6.72. The zero-order valence-corrected chi connectivity index (χ0v) is 14.0. The summed E-state index contributed by atoms with van der Waals surface area (Å²) in [7, 11) is 0. The molecule has 122 valence electrons. The molecule has 4 nitrogen and oxygen atoms in total. The lowest BCUT2D eigenvalue weighted by molar-refractivity contribution is -0.0819. The number of ether oxygens (including phenoxy) is 2. The molecule has 23 heavy (non-hydrogen) atoms. The van der Waals surface area contributed by atoms with Gasteiger partial charge in [-0.3, -0.25) is 9.88 Å². The Bertz CT molecular complexity index is 605. The minimum absolute atomic E-state index is 0.152. The molecule has 2 aliphatic heterocycles. The minimum atomic E-state index is 0.152. The summed E-state index contributed by atoms with van der Waals surface area (Å²) >= 11 is 1.76. The van der Waals surface area contributed by atoms with Gasteiger partial charge >= 0.3 is 0 Å². The average Bonchev–Trinajstić information content (AvgIpc) is 3.23. The van der Waals surface area contributed by atoms with E-state index in [4.69, 9.17) is 9.47 Å². The molecule has 0 saturated carbocycles. The number of pyridine rings is 1. The van der Waals surface area contributed by atoms with Gasteiger partial charge in [0, 0.05) is 38.1 Å². The first-order chi connectivity index (χ1) is 11.4. The van der Waals surface area contributed by atoms with E-state index in [-0.39, 0.29) is 12.2 Å². The standard InChI is InChI=1S/C18H22N2O2S/c1-3-14(9-19-6-1)12-22-17-11-20(10-15-5-8-23-13-15)16-4-2-7-21-18(16)17/h1,3,5-6,8-9,13,16-18H,2,4,7,10-12H2/t16-,17+,18-/m0/s1. The molecule has 4 rings (SSSR count). The van der Waals surface area contributed by atoms with Gasteiger partial charge in [0.2, 0.25) is 0 Å². The number of thiophene rings is 1. The molecular formula is C18H22N2O2S. The molecule has 0 aromatic carbocycles. The minimum Gasteiger partial charge on any atom is -0.374 e. The van der Waals surface area contributed by atoms with Gasteiger partial charge in [-0.25, -0.2) is 0 Å². The first-order valence-electron chi connectivity index (χ1n) is 8.27. The molecule has 0 spiro atoms. The second-order valence-corrected chi connectivity index (χ2v) is 7.10. The third-order valence-electron chi connectivity index (χ3n) is 4.74. The van der Waals surface area contributed by atoms with Crippen molar-refractivity contribution in [3.05, 3.63) is 52.5 Å². The molecule has 0 N–H and O–H groups in total. The van der Waals surface area contributed by atoms with Crippen LogP contribution in [-0.2, 0) is 22.6 Å². The first-order valence-corrected chi connectivity index (χ1v) is 9.21. The Morgan fingerprint density at radius 3 is 3.17 bits per heavy atom. The predicted molar refractivity (Wildman–Crippen MR) is 90.3 cm³/mol. The number of hydrogen-bond donors (Lipinski definition) is 0. The molecule has 2 aromatic heterocycles. The van der Waals surface area contributed by atoms with Gasteiger partial charge in [-0.15, -0.1) is 0 Å². The lowest BCUT2D eigenvalue weighted by Crippen LogP contribution is -2.41. The monoisotopic (exact) mass is 330 g/mol. The Kier molecular flexibility index (Phi) is 4.71. The Balaban J connectivity index is 1.42. The van der Waals surface area contributed by atoms with Crippen molar-refractivity contribution in [1.82, 2.24) is 9.88 Å². The van der Waals surface area contributed by atoms with E-state index in [0.717, 1.165) is 31.7 Å². The van der Waals surface area contributed by atoms with Crippen molar-refractivity contribution >= 4 is 11.3 Å². The second-order valence-electron chi connectivity index (χ2n) is 6.32. The Labute approximate surface area is 141 Å². The van der Waals surface area contributed by atoms with Crippen LogP contribution in [0, 0.1) is 0 Å². The summed E-state index contributed by atoms with van der Waals surface area (Å²) in [5.41, 5.74) is 2.52.